The molecule has 7 nitrogen and oxygen atoms in total. The van der Waals surface area contributed by atoms with Gasteiger partial charge in [0.25, 0.3) is 0 Å². The average molecular weight is 387 g/mol. The van der Waals surface area contributed by atoms with Crippen LogP contribution in [-0.2, 0) is 17.8 Å². The molecule has 0 radical (unpaired) electrons. The molecule has 152 valence electrons. The molecule has 2 aromatic rings. The Bertz CT molecular complexity index is 748. The van der Waals surface area contributed by atoms with Crippen LogP contribution in [0.5, 0.6) is 17.2 Å². The summed E-state index contributed by atoms with van der Waals surface area (Å²) in [6, 6.07) is 13.8. The summed E-state index contributed by atoms with van der Waals surface area (Å²) in [5, 5.41) is 6.60. The molecule has 7 heteroatoms. The van der Waals surface area contributed by atoms with Crippen LogP contribution in [0.3, 0.4) is 0 Å². The van der Waals surface area contributed by atoms with E-state index < -0.39 is 0 Å². The van der Waals surface area contributed by atoms with Gasteiger partial charge in [0.1, 0.15) is 12.4 Å². The van der Waals surface area contributed by atoms with Gasteiger partial charge in [0.15, 0.2) is 17.5 Å². The van der Waals surface area contributed by atoms with Gasteiger partial charge in [-0.1, -0.05) is 18.2 Å². The van der Waals surface area contributed by atoms with Gasteiger partial charge < -0.3 is 29.6 Å². The zero-order valence-corrected chi connectivity index (χ0v) is 17.0. The quantitative estimate of drug-likeness (QED) is 0.371. The Morgan fingerprint density at radius 2 is 1.46 bits per heavy atom. The van der Waals surface area contributed by atoms with Crippen molar-refractivity contribution in [3.8, 4) is 17.2 Å². The van der Waals surface area contributed by atoms with Crippen LogP contribution in [0.25, 0.3) is 0 Å². The lowest BCUT2D eigenvalue weighted by molar-refractivity contribution is 0.146. The van der Waals surface area contributed by atoms with Gasteiger partial charge in [0, 0.05) is 27.2 Å². The van der Waals surface area contributed by atoms with Crippen molar-refractivity contribution < 1.29 is 18.9 Å². The summed E-state index contributed by atoms with van der Waals surface area (Å²) in [4.78, 5) is 4.26. The first-order valence-corrected chi connectivity index (χ1v) is 9.06. The maximum absolute atomic E-state index is 5.57. The summed E-state index contributed by atoms with van der Waals surface area (Å²) in [7, 11) is 6.66. The zero-order chi connectivity index (χ0) is 20.2. The molecular weight excluding hydrogens is 358 g/mol. The minimum absolute atomic E-state index is 0.542. The predicted molar refractivity (Wildman–Crippen MR) is 110 cm³/mol. The number of nitrogens with zero attached hydrogens (tertiary/aromatic N) is 1. The molecule has 2 N–H and O–H groups in total. The second-order valence-electron chi connectivity index (χ2n) is 5.95. The molecule has 0 aliphatic carbocycles. The normalized spacial score (nSPS) is 11.1. The average Bonchev–Trinajstić information content (AvgIpc) is 2.74. The lowest BCUT2D eigenvalue weighted by Crippen LogP contribution is -2.36. The first-order chi connectivity index (χ1) is 13.7. The maximum Gasteiger partial charge on any atom is 0.191 e. The van der Waals surface area contributed by atoms with Crippen molar-refractivity contribution >= 4 is 5.96 Å². The second kappa shape index (κ2) is 11.7. The molecule has 28 heavy (non-hydrogen) atoms. The molecule has 2 rings (SSSR count). The molecule has 0 heterocycles. The van der Waals surface area contributed by atoms with Gasteiger partial charge in [-0.3, -0.25) is 4.99 Å². The molecule has 0 aliphatic heterocycles. The SMILES string of the molecule is CN=C(NCc1ccc(OCCOC)cc1)NCc1ccc(OC)c(OC)c1. The van der Waals surface area contributed by atoms with E-state index >= 15 is 0 Å². The number of benzene rings is 2. The van der Waals surface area contributed by atoms with Crippen molar-refractivity contribution in [1.82, 2.24) is 10.6 Å². The van der Waals surface area contributed by atoms with E-state index in [0.29, 0.717) is 37.8 Å². The van der Waals surface area contributed by atoms with Gasteiger partial charge >= 0.3 is 0 Å². The molecule has 2 aromatic carbocycles. The van der Waals surface area contributed by atoms with Crippen LogP contribution in [0, 0.1) is 0 Å². The number of ether oxygens (including phenoxy) is 4. The standard InChI is InChI=1S/C21H29N3O4/c1-22-21(24-15-17-7-10-19(26-3)20(13-17)27-4)23-14-16-5-8-18(9-6-16)28-12-11-25-2/h5-10,13H,11-12,14-15H2,1-4H3,(H2,22,23,24). The van der Waals surface area contributed by atoms with E-state index in [1.54, 1.807) is 28.4 Å². The second-order valence-corrected chi connectivity index (χ2v) is 5.95. The number of guanidine groups is 1. The van der Waals surface area contributed by atoms with Crippen LogP contribution in [0.15, 0.2) is 47.5 Å². The van der Waals surface area contributed by atoms with E-state index in [0.717, 1.165) is 22.8 Å². The molecule has 0 aromatic heterocycles. The number of hydrogen-bond donors (Lipinski definition) is 2. The molecular formula is C21H29N3O4. The molecule has 0 saturated heterocycles. The highest BCUT2D eigenvalue weighted by molar-refractivity contribution is 5.79. The fraction of sp³-hybridized carbons (Fsp3) is 0.381. The van der Waals surface area contributed by atoms with Gasteiger partial charge in [-0.2, -0.15) is 0 Å². The first-order valence-electron chi connectivity index (χ1n) is 9.06. The van der Waals surface area contributed by atoms with Crippen LogP contribution < -0.4 is 24.8 Å². The molecule has 0 spiro atoms. The molecule has 0 fully saturated rings. The van der Waals surface area contributed by atoms with E-state index in [1.807, 2.05) is 42.5 Å². The fourth-order valence-corrected chi connectivity index (χ4v) is 2.53. The highest BCUT2D eigenvalue weighted by Gasteiger charge is 2.05. The zero-order valence-electron chi connectivity index (χ0n) is 17.0. The van der Waals surface area contributed by atoms with Crippen LogP contribution in [0.4, 0.5) is 0 Å². The molecule has 0 bridgehead atoms. The van der Waals surface area contributed by atoms with E-state index in [1.165, 1.54) is 0 Å². The third kappa shape index (κ3) is 6.66. The first kappa shape index (κ1) is 21.4. The number of hydrogen-bond acceptors (Lipinski definition) is 5. The summed E-state index contributed by atoms with van der Waals surface area (Å²) in [5.74, 6) is 2.97. The Hall–Kier alpha value is -2.93. The fourth-order valence-electron chi connectivity index (χ4n) is 2.53. The van der Waals surface area contributed by atoms with Crippen LogP contribution in [-0.4, -0.2) is 47.6 Å². The van der Waals surface area contributed by atoms with Crippen molar-refractivity contribution in [2.75, 3.05) is 41.6 Å². The van der Waals surface area contributed by atoms with Gasteiger partial charge in [-0.15, -0.1) is 0 Å². The van der Waals surface area contributed by atoms with Gasteiger partial charge in [0.2, 0.25) is 0 Å². The van der Waals surface area contributed by atoms with Crippen LogP contribution >= 0.6 is 0 Å². The Morgan fingerprint density at radius 3 is 2.07 bits per heavy atom. The third-order valence-electron chi connectivity index (χ3n) is 4.07. The van der Waals surface area contributed by atoms with Crippen LogP contribution in [0.2, 0.25) is 0 Å². The summed E-state index contributed by atoms with van der Waals surface area (Å²) in [6.45, 7) is 2.39. The molecule has 0 amide bonds. The minimum Gasteiger partial charge on any atom is -0.493 e. The highest BCUT2D eigenvalue weighted by atomic mass is 16.5. The smallest absolute Gasteiger partial charge is 0.191 e. The number of methoxy groups -OCH3 is 3. The highest BCUT2D eigenvalue weighted by Crippen LogP contribution is 2.27. The maximum atomic E-state index is 5.57. The van der Waals surface area contributed by atoms with E-state index in [9.17, 15) is 0 Å². The van der Waals surface area contributed by atoms with E-state index in [-0.39, 0.29) is 0 Å². The van der Waals surface area contributed by atoms with Crippen molar-refractivity contribution in [1.29, 1.82) is 0 Å². The lowest BCUT2D eigenvalue weighted by Gasteiger charge is -2.14. The van der Waals surface area contributed by atoms with E-state index in [4.69, 9.17) is 18.9 Å². The van der Waals surface area contributed by atoms with Crippen molar-refractivity contribution in [3.05, 3.63) is 53.6 Å². The summed E-state index contributed by atoms with van der Waals surface area (Å²) in [5.41, 5.74) is 2.20. The van der Waals surface area contributed by atoms with Crippen molar-refractivity contribution in [3.63, 3.8) is 0 Å². The van der Waals surface area contributed by atoms with Crippen molar-refractivity contribution in [2.24, 2.45) is 4.99 Å². The van der Waals surface area contributed by atoms with Crippen molar-refractivity contribution in [2.45, 2.75) is 13.1 Å². The summed E-state index contributed by atoms with van der Waals surface area (Å²) >= 11 is 0. The third-order valence-corrected chi connectivity index (χ3v) is 4.07. The number of nitrogens with one attached hydrogen (secondary N) is 2. The Labute approximate surface area is 166 Å². The summed E-state index contributed by atoms with van der Waals surface area (Å²) < 4.78 is 21.2. The summed E-state index contributed by atoms with van der Waals surface area (Å²) in [6.07, 6.45) is 0. The number of rotatable bonds is 10. The monoisotopic (exact) mass is 387 g/mol. The molecule has 0 unspecified atom stereocenters. The molecule has 0 atom stereocenters. The Balaban J connectivity index is 1.83. The van der Waals surface area contributed by atoms with Gasteiger partial charge in [0.05, 0.1) is 20.8 Å². The van der Waals surface area contributed by atoms with Gasteiger partial charge in [-0.25, -0.2) is 0 Å². The minimum atomic E-state index is 0.542. The topological polar surface area (TPSA) is 73.3 Å². The molecule has 0 aliphatic rings. The Morgan fingerprint density at radius 1 is 0.821 bits per heavy atom. The predicted octanol–water partition coefficient (Wildman–Crippen LogP) is 2.59. The Kier molecular flexibility index (Phi) is 8.94. The largest absolute Gasteiger partial charge is 0.493 e. The lowest BCUT2D eigenvalue weighted by atomic mass is 10.2. The van der Waals surface area contributed by atoms with Gasteiger partial charge in [-0.05, 0) is 35.4 Å². The molecule has 0 saturated carbocycles. The van der Waals surface area contributed by atoms with E-state index in [2.05, 4.69) is 15.6 Å². The number of aliphatic imine (C=N–C) groups is 1. The van der Waals surface area contributed by atoms with Crippen LogP contribution in [0.1, 0.15) is 11.1 Å².